The van der Waals surface area contributed by atoms with Gasteiger partial charge in [-0.05, 0) is 52.8 Å². The third kappa shape index (κ3) is 2.44. The molecule has 0 bridgehead atoms. The number of nitrogens with one attached hydrogen (secondary N) is 1. The average molecular weight is 359 g/mol. The van der Waals surface area contributed by atoms with E-state index in [0.29, 0.717) is 5.69 Å². The first-order chi connectivity index (χ1) is 13.1. The van der Waals surface area contributed by atoms with Crippen molar-refractivity contribution in [2.75, 3.05) is 5.32 Å². The van der Waals surface area contributed by atoms with Crippen molar-refractivity contribution in [3.05, 3.63) is 100 Å². The molecular weight excluding hydrogens is 341 g/mol. The minimum absolute atomic E-state index is 0.0731. The predicted molar refractivity (Wildman–Crippen MR) is 102 cm³/mol. The lowest BCUT2D eigenvalue weighted by Gasteiger charge is -2.38. The van der Waals surface area contributed by atoms with E-state index in [1.54, 1.807) is 18.2 Å². The number of carboxylic acids is 1. The molecule has 0 spiro atoms. The third-order valence-corrected chi connectivity index (χ3v) is 5.89. The van der Waals surface area contributed by atoms with Crippen LogP contribution in [0.5, 0.6) is 0 Å². The highest BCUT2D eigenvalue weighted by Gasteiger charge is 2.44. The lowest BCUT2D eigenvalue weighted by atomic mass is 9.75. The summed E-state index contributed by atoms with van der Waals surface area (Å²) in [6.07, 6.45) is 0.909. The zero-order chi connectivity index (χ0) is 18.5. The Morgan fingerprint density at radius 3 is 2.48 bits per heavy atom. The second-order valence-corrected chi connectivity index (χ2v) is 7.29. The molecule has 0 amide bonds. The fourth-order valence-electron chi connectivity index (χ4n) is 4.77. The van der Waals surface area contributed by atoms with Crippen molar-refractivity contribution in [2.24, 2.45) is 5.92 Å². The zero-order valence-corrected chi connectivity index (χ0v) is 14.5. The number of fused-ring (bicyclic) bond motifs is 5. The molecule has 3 aromatic carbocycles. The number of rotatable bonds is 2. The Labute approximate surface area is 156 Å². The van der Waals surface area contributed by atoms with Gasteiger partial charge in [-0.3, -0.25) is 0 Å². The topological polar surface area (TPSA) is 49.3 Å². The van der Waals surface area contributed by atoms with Crippen molar-refractivity contribution in [3.63, 3.8) is 0 Å². The summed E-state index contributed by atoms with van der Waals surface area (Å²) in [7, 11) is 0. The summed E-state index contributed by atoms with van der Waals surface area (Å²) in [6, 6.07) is 20.3. The van der Waals surface area contributed by atoms with E-state index in [9.17, 15) is 14.3 Å². The molecule has 1 aliphatic carbocycles. The van der Waals surface area contributed by atoms with Gasteiger partial charge in [-0.2, -0.15) is 0 Å². The molecule has 1 heterocycles. The average Bonchev–Trinajstić information content (AvgIpc) is 3.07. The summed E-state index contributed by atoms with van der Waals surface area (Å²) in [5, 5.41) is 13.2. The van der Waals surface area contributed by atoms with Crippen LogP contribution in [0, 0.1) is 11.7 Å². The Bertz CT molecular complexity index is 1040. The monoisotopic (exact) mass is 359 g/mol. The second kappa shape index (κ2) is 5.95. The summed E-state index contributed by atoms with van der Waals surface area (Å²) in [5.41, 5.74) is 5.53. The highest BCUT2D eigenvalue weighted by molar-refractivity contribution is 5.96. The van der Waals surface area contributed by atoms with E-state index < -0.39 is 5.97 Å². The number of para-hydroxylation sites is 1. The van der Waals surface area contributed by atoms with Crippen molar-refractivity contribution >= 4 is 11.7 Å². The van der Waals surface area contributed by atoms with Gasteiger partial charge < -0.3 is 10.4 Å². The molecule has 3 nitrogen and oxygen atoms in total. The molecule has 5 rings (SSSR count). The van der Waals surface area contributed by atoms with Crippen molar-refractivity contribution in [3.8, 4) is 0 Å². The van der Waals surface area contributed by atoms with Gasteiger partial charge in [0.15, 0.2) is 0 Å². The van der Waals surface area contributed by atoms with Crippen LogP contribution in [0.4, 0.5) is 10.1 Å². The molecule has 3 aromatic rings. The first-order valence-electron chi connectivity index (χ1n) is 9.09. The van der Waals surface area contributed by atoms with Gasteiger partial charge in [-0.25, -0.2) is 9.18 Å². The van der Waals surface area contributed by atoms with Crippen LogP contribution in [-0.2, 0) is 6.42 Å². The number of anilines is 1. The Balaban J connectivity index is 1.72. The molecule has 134 valence electrons. The van der Waals surface area contributed by atoms with Crippen LogP contribution in [-0.4, -0.2) is 11.1 Å². The second-order valence-electron chi connectivity index (χ2n) is 7.29. The lowest BCUT2D eigenvalue weighted by molar-refractivity contribution is 0.0697. The van der Waals surface area contributed by atoms with Crippen LogP contribution in [0.2, 0.25) is 0 Å². The van der Waals surface area contributed by atoms with E-state index in [-0.39, 0.29) is 29.3 Å². The van der Waals surface area contributed by atoms with Gasteiger partial charge >= 0.3 is 5.97 Å². The minimum atomic E-state index is -0.943. The van der Waals surface area contributed by atoms with E-state index >= 15 is 0 Å². The maximum Gasteiger partial charge on any atom is 0.337 e. The number of benzene rings is 3. The van der Waals surface area contributed by atoms with Crippen LogP contribution in [0.1, 0.15) is 44.6 Å². The van der Waals surface area contributed by atoms with Gasteiger partial charge in [-0.15, -0.1) is 0 Å². The molecule has 1 aliphatic heterocycles. The third-order valence-electron chi connectivity index (χ3n) is 5.89. The van der Waals surface area contributed by atoms with E-state index in [4.69, 9.17) is 0 Å². The fourth-order valence-corrected chi connectivity index (χ4v) is 4.77. The van der Waals surface area contributed by atoms with Gasteiger partial charge in [0.1, 0.15) is 5.82 Å². The quantitative estimate of drug-likeness (QED) is 0.677. The Morgan fingerprint density at radius 1 is 0.963 bits per heavy atom. The standard InChI is InChI=1S/C23H18FNO2/c24-15-10-8-13(9-11-15)21-19-12-14-4-1-2-5-16(14)20(19)17-6-3-7-18(23(26)27)22(17)25-21/h1-11,19-21,25H,12H2,(H,26,27)/t19-,20-,21-/m1/s1. The van der Waals surface area contributed by atoms with Crippen LogP contribution < -0.4 is 5.32 Å². The van der Waals surface area contributed by atoms with Gasteiger partial charge in [0, 0.05) is 5.92 Å². The molecule has 4 heteroatoms. The zero-order valence-electron chi connectivity index (χ0n) is 14.5. The number of hydrogen-bond donors (Lipinski definition) is 2. The van der Waals surface area contributed by atoms with E-state index in [1.165, 1.54) is 23.3 Å². The summed E-state index contributed by atoms with van der Waals surface area (Å²) in [5.74, 6) is -0.828. The molecule has 2 N–H and O–H groups in total. The van der Waals surface area contributed by atoms with Crippen LogP contribution in [0.3, 0.4) is 0 Å². The smallest absolute Gasteiger partial charge is 0.337 e. The summed E-state index contributed by atoms with van der Waals surface area (Å²) in [6.45, 7) is 0. The van der Waals surface area contributed by atoms with Gasteiger partial charge in [0.05, 0.1) is 17.3 Å². The van der Waals surface area contributed by atoms with E-state index in [0.717, 1.165) is 17.5 Å². The van der Waals surface area contributed by atoms with Crippen molar-refractivity contribution in [1.82, 2.24) is 0 Å². The molecule has 0 saturated carbocycles. The van der Waals surface area contributed by atoms with Gasteiger partial charge in [0.25, 0.3) is 0 Å². The van der Waals surface area contributed by atoms with E-state index in [2.05, 4.69) is 17.4 Å². The normalized spacial score (nSPS) is 22.3. The minimum Gasteiger partial charge on any atom is -0.478 e. The van der Waals surface area contributed by atoms with E-state index in [1.807, 2.05) is 24.3 Å². The number of aromatic carboxylic acids is 1. The van der Waals surface area contributed by atoms with Crippen molar-refractivity contribution < 1.29 is 14.3 Å². The Kier molecular flexibility index (Phi) is 3.54. The number of carboxylic acid groups (broad SMARTS) is 1. The largest absolute Gasteiger partial charge is 0.478 e. The van der Waals surface area contributed by atoms with Crippen LogP contribution in [0.15, 0.2) is 66.7 Å². The summed E-state index contributed by atoms with van der Waals surface area (Å²) >= 11 is 0. The molecule has 0 aromatic heterocycles. The number of carbonyl (C=O) groups is 1. The molecule has 0 fully saturated rings. The highest BCUT2D eigenvalue weighted by Crippen LogP contribution is 2.54. The molecule has 2 aliphatic rings. The molecular formula is C23H18FNO2. The summed E-state index contributed by atoms with van der Waals surface area (Å²) < 4.78 is 13.4. The van der Waals surface area contributed by atoms with Crippen molar-refractivity contribution in [1.29, 1.82) is 0 Å². The first kappa shape index (κ1) is 16.1. The van der Waals surface area contributed by atoms with Gasteiger partial charge in [-0.1, -0.05) is 48.5 Å². The van der Waals surface area contributed by atoms with Crippen LogP contribution >= 0.6 is 0 Å². The van der Waals surface area contributed by atoms with Crippen molar-refractivity contribution in [2.45, 2.75) is 18.4 Å². The Morgan fingerprint density at radius 2 is 1.70 bits per heavy atom. The Hall–Kier alpha value is -3.14. The SMILES string of the molecule is O=C(O)c1cccc2c1N[C@H](c1ccc(F)cc1)[C@@H]1Cc3ccccc3[C@H]21. The molecule has 0 saturated heterocycles. The maximum atomic E-state index is 13.4. The fraction of sp³-hybridized carbons (Fsp3) is 0.174. The molecule has 27 heavy (non-hydrogen) atoms. The molecule has 0 unspecified atom stereocenters. The molecule has 0 radical (unpaired) electrons. The van der Waals surface area contributed by atoms with Gasteiger partial charge in [0.2, 0.25) is 0 Å². The first-order valence-corrected chi connectivity index (χ1v) is 9.09. The highest BCUT2D eigenvalue weighted by atomic mass is 19.1. The number of hydrogen-bond acceptors (Lipinski definition) is 2. The number of halogens is 1. The van der Waals surface area contributed by atoms with Crippen LogP contribution in [0.25, 0.3) is 0 Å². The maximum absolute atomic E-state index is 13.4. The molecule has 3 atom stereocenters. The predicted octanol–water partition coefficient (Wildman–Crippen LogP) is 4.99. The lowest BCUT2D eigenvalue weighted by Crippen LogP contribution is -2.31. The summed E-state index contributed by atoms with van der Waals surface area (Å²) in [4.78, 5) is 11.8.